The van der Waals surface area contributed by atoms with E-state index in [4.69, 9.17) is 0 Å². The van der Waals surface area contributed by atoms with Crippen LogP contribution >= 0.6 is 0 Å². The van der Waals surface area contributed by atoms with E-state index in [0.717, 1.165) is 36.2 Å². The predicted molar refractivity (Wildman–Crippen MR) is 132 cm³/mol. The van der Waals surface area contributed by atoms with Crippen LogP contribution in [0.4, 0.5) is 23.0 Å². The van der Waals surface area contributed by atoms with Crippen molar-refractivity contribution in [3.8, 4) is 0 Å². The maximum absolute atomic E-state index is 12.1. The van der Waals surface area contributed by atoms with Crippen LogP contribution in [0.3, 0.4) is 0 Å². The monoisotopic (exact) mass is 455 g/mol. The van der Waals surface area contributed by atoms with Crippen LogP contribution in [0.15, 0.2) is 67.0 Å². The molecule has 0 radical (unpaired) electrons. The van der Waals surface area contributed by atoms with Crippen molar-refractivity contribution in [2.75, 3.05) is 36.4 Å². The van der Waals surface area contributed by atoms with Crippen LogP contribution in [-0.2, 0) is 6.54 Å². The molecule has 1 N–H and O–H groups in total. The Morgan fingerprint density at radius 2 is 1.76 bits per heavy atom. The molecule has 172 valence electrons. The van der Waals surface area contributed by atoms with Crippen LogP contribution in [0, 0.1) is 17.0 Å². The van der Waals surface area contributed by atoms with E-state index in [1.54, 1.807) is 0 Å². The van der Waals surface area contributed by atoms with E-state index in [1.807, 2.05) is 60.4 Å². The van der Waals surface area contributed by atoms with Crippen LogP contribution in [0.25, 0.3) is 10.9 Å². The molecule has 34 heavy (non-hydrogen) atoms. The van der Waals surface area contributed by atoms with Gasteiger partial charge in [-0.3, -0.25) is 20.0 Å². The Labute approximate surface area is 197 Å². The highest BCUT2D eigenvalue weighted by Gasteiger charge is 2.29. The molecule has 2 aromatic heterocycles. The Bertz CT molecular complexity index is 1320. The summed E-state index contributed by atoms with van der Waals surface area (Å²) < 4.78 is 0. The third-order valence-corrected chi connectivity index (χ3v) is 6.03. The quantitative estimate of drug-likeness (QED) is 0.339. The minimum Gasteiger partial charge on any atom is -0.348 e. The number of nitrogens with one attached hydrogen (secondary N) is 1. The average molecular weight is 456 g/mol. The highest BCUT2D eigenvalue weighted by Crippen LogP contribution is 2.35. The molecule has 1 aliphatic heterocycles. The molecule has 0 amide bonds. The second-order valence-corrected chi connectivity index (χ2v) is 8.35. The number of nitrogens with zero attached hydrogens (tertiary/aromatic N) is 6. The second-order valence-electron chi connectivity index (χ2n) is 8.35. The van der Waals surface area contributed by atoms with Gasteiger partial charge in [-0.15, -0.1) is 0 Å². The Kier molecular flexibility index (Phi) is 6.01. The third-order valence-electron chi connectivity index (χ3n) is 6.03. The van der Waals surface area contributed by atoms with Crippen molar-refractivity contribution in [3.05, 3.63) is 88.4 Å². The van der Waals surface area contributed by atoms with E-state index >= 15 is 0 Å². The number of fused-ring (bicyclic) bond motifs is 1. The van der Waals surface area contributed by atoms with Gasteiger partial charge in [-0.25, -0.2) is 9.97 Å². The van der Waals surface area contributed by atoms with Gasteiger partial charge in [-0.2, -0.15) is 0 Å². The van der Waals surface area contributed by atoms with E-state index in [1.165, 1.54) is 11.9 Å². The summed E-state index contributed by atoms with van der Waals surface area (Å²) in [6.07, 6.45) is 1.38. The van der Waals surface area contributed by atoms with Crippen molar-refractivity contribution < 1.29 is 4.92 Å². The lowest BCUT2D eigenvalue weighted by atomic mass is 10.1. The van der Waals surface area contributed by atoms with Gasteiger partial charge < -0.3 is 10.2 Å². The van der Waals surface area contributed by atoms with Gasteiger partial charge in [-0.05, 0) is 36.8 Å². The van der Waals surface area contributed by atoms with Gasteiger partial charge in [0.15, 0.2) is 0 Å². The molecule has 4 aromatic rings. The fourth-order valence-corrected chi connectivity index (χ4v) is 4.31. The molecule has 0 spiro atoms. The summed E-state index contributed by atoms with van der Waals surface area (Å²) in [4.78, 5) is 29.1. The van der Waals surface area contributed by atoms with Gasteiger partial charge in [0.05, 0.1) is 10.4 Å². The van der Waals surface area contributed by atoms with Crippen LogP contribution in [-0.4, -0.2) is 51.0 Å². The summed E-state index contributed by atoms with van der Waals surface area (Å²) in [6, 6.07) is 19.9. The molecule has 0 saturated carbocycles. The second kappa shape index (κ2) is 9.40. The molecule has 2 aromatic carbocycles. The molecule has 0 atom stereocenters. The number of aryl methyl sites for hydroxylation is 1. The molecule has 0 unspecified atom stereocenters. The third kappa shape index (κ3) is 4.51. The van der Waals surface area contributed by atoms with Crippen LogP contribution < -0.4 is 10.2 Å². The normalized spacial score (nSPS) is 14.3. The maximum Gasteiger partial charge on any atom is 0.353 e. The van der Waals surface area contributed by atoms with Gasteiger partial charge >= 0.3 is 5.69 Å². The summed E-state index contributed by atoms with van der Waals surface area (Å²) in [5.74, 6) is 0.519. The van der Waals surface area contributed by atoms with E-state index < -0.39 is 4.92 Å². The molecule has 5 rings (SSSR count). The van der Waals surface area contributed by atoms with E-state index in [2.05, 4.69) is 37.3 Å². The summed E-state index contributed by atoms with van der Waals surface area (Å²) in [6.45, 7) is 5.70. The highest BCUT2D eigenvalue weighted by molar-refractivity contribution is 5.94. The van der Waals surface area contributed by atoms with Gasteiger partial charge in [0.1, 0.15) is 6.33 Å². The molecule has 0 bridgehead atoms. The van der Waals surface area contributed by atoms with Crippen molar-refractivity contribution in [1.29, 1.82) is 0 Å². The summed E-state index contributed by atoms with van der Waals surface area (Å²) in [5.41, 5.74) is 3.58. The van der Waals surface area contributed by atoms with Gasteiger partial charge in [0.25, 0.3) is 0 Å². The average Bonchev–Trinajstić information content (AvgIpc) is 2.85. The Hall–Kier alpha value is -4.11. The SMILES string of the molecule is Cc1ccc2c(Nc3ncnc(N4CCN(Cc5ccccc5)CC4)c3[N+](=O)[O-])cccc2n1. The minimum atomic E-state index is -0.401. The number of benzene rings is 2. The molecule has 0 aliphatic carbocycles. The fraction of sp³-hybridized carbons (Fsp3) is 0.240. The van der Waals surface area contributed by atoms with Gasteiger partial charge in [0.2, 0.25) is 11.6 Å². The number of hydrogen-bond acceptors (Lipinski definition) is 8. The fourth-order valence-electron chi connectivity index (χ4n) is 4.31. The molecule has 3 heterocycles. The van der Waals surface area contributed by atoms with Crippen molar-refractivity contribution in [2.24, 2.45) is 0 Å². The Morgan fingerprint density at radius 1 is 0.971 bits per heavy atom. The van der Waals surface area contributed by atoms with Crippen molar-refractivity contribution in [3.63, 3.8) is 0 Å². The maximum atomic E-state index is 12.1. The lowest BCUT2D eigenvalue weighted by molar-refractivity contribution is -0.383. The zero-order valence-corrected chi connectivity index (χ0v) is 18.9. The number of aromatic nitrogens is 3. The van der Waals surface area contributed by atoms with Gasteiger partial charge in [0, 0.05) is 49.5 Å². The Balaban J connectivity index is 1.39. The largest absolute Gasteiger partial charge is 0.353 e. The summed E-state index contributed by atoms with van der Waals surface area (Å²) in [5, 5.41) is 16.2. The standard InChI is InChI=1S/C25H25N7O2/c1-18-10-11-20-21(28-18)8-5-9-22(20)29-24-23(32(33)34)25(27-17-26-24)31-14-12-30(13-15-31)16-19-6-3-2-4-7-19/h2-11,17H,12-16H2,1H3,(H,26,27,29). The minimum absolute atomic E-state index is 0.115. The molecule has 9 heteroatoms. The zero-order valence-electron chi connectivity index (χ0n) is 18.9. The molecule has 9 nitrogen and oxygen atoms in total. The molecule has 1 fully saturated rings. The smallest absolute Gasteiger partial charge is 0.348 e. The number of piperazine rings is 1. The number of hydrogen-bond donors (Lipinski definition) is 1. The zero-order chi connectivity index (χ0) is 23.5. The number of nitro groups is 1. The molecule has 1 saturated heterocycles. The molecular formula is C25H25N7O2. The summed E-state index contributed by atoms with van der Waals surface area (Å²) in [7, 11) is 0. The van der Waals surface area contributed by atoms with Gasteiger partial charge in [-0.1, -0.05) is 36.4 Å². The lowest BCUT2D eigenvalue weighted by Gasteiger charge is -2.35. The van der Waals surface area contributed by atoms with E-state index in [9.17, 15) is 10.1 Å². The number of anilines is 3. The first-order chi connectivity index (χ1) is 16.6. The van der Waals surface area contributed by atoms with E-state index in [-0.39, 0.29) is 11.5 Å². The number of pyridine rings is 1. The lowest BCUT2D eigenvalue weighted by Crippen LogP contribution is -2.46. The molecule has 1 aliphatic rings. The predicted octanol–water partition coefficient (Wildman–Crippen LogP) is 4.31. The van der Waals surface area contributed by atoms with Crippen LogP contribution in [0.1, 0.15) is 11.3 Å². The topological polar surface area (TPSA) is 100 Å². The first kappa shape index (κ1) is 21.7. The van der Waals surface area contributed by atoms with Crippen LogP contribution in [0.5, 0.6) is 0 Å². The first-order valence-corrected chi connectivity index (χ1v) is 11.2. The summed E-state index contributed by atoms with van der Waals surface area (Å²) >= 11 is 0. The molecular weight excluding hydrogens is 430 g/mol. The number of rotatable bonds is 6. The Morgan fingerprint density at radius 3 is 2.53 bits per heavy atom. The highest BCUT2D eigenvalue weighted by atomic mass is 16.6. The van der Waals surface area contributed by atoms with Crippen molar-refractivity contribution in [2.45, 2.75) is 13.5 Å². The first-order valence-electron chi connectivity index (χ1n) is 11.2. The van der Waals surface area contributed by atoms with E-state index in [0.29, 0.717) is 24.6 Å². The van der Waals surface area contributed by atoms with Crippen molar-refractivity contribution >= 4 is 33.9 Å². The van der Waals surface area contributed by atoms with Crippen LogP contribution in [0.2, 0.25) is 0 Å². The van der Waals surface area contributed by atoms with Crippen molar-refractivity contribution in [1.82, 2.24) is 19.9 Å².